The van der Waals surface area contributed by atoms with E-state index in [4.69, 9.17) is 0 Å². The van der Waals surface area contributed by atoms with Gasteiger partial charge in [0.05, 0.1) is 0 Å². The zero-order valence-electron chi connectivity index (χ0n) is 9.62. The van der Waals surface area contributed by atoms with Crippen molar-refractivity contribution in [3.05, 3.63) is 0 Å². The lowest BCUT2D eigenvalue weighted by atomic mass is 9.90. The predicted octanol–water partition coefficient (Wildman–Crippen LogP) is 4.25. The summed E-state index contributed by atoms with van der Waals surface area (Å²) in [5, 5.41) is 0. The fourth-order valence-electron chi connectivity index (χ4n) is 3.48. The standard InChI is InChI=1S/C12H24/c1-7-9-12(6)10(3,4)11(12,5)8-2/h7-9H2,1-6H3. The zero-order valence-corrected chi connectivity index (χ0v) is 9.62. The van der Waals surface area contributed by atoms with Crippen molar-refractivity contribution in [3.8, 4) is 0 Å². The first-order valence-electron chi connectivity index (χ1n) is 5.37. The molecule has 0 heterocycles. The molecule has 0 aromatic heterocycles. The van der Waals surface area contributed by atoms with Crippen molar-refractivity contribution in [3.63, 3.8) is 0 Å². The average Bonchev–Trinajstić information content (AvgIpc) is 2.32. The molecule has 1 aliphatic rings. The van der Waals surface area contributed by atoms with Crippen molar-refractivity contribution in [1.82, 2.24) is 0 Å². The van der Waals surface area contributed by atoms with Crippen LogP contribution >= 0.6 is 0 Å². The molecule has 0 nitrogen and oxygen atoms in total. The summed E-state index contributed by atoms with van der Waals surface area (Å²) in [7, 11) is 0. The molecule has 12 heavy (non-hydrogen) atoms. The minimum absolute atomic E-state index is 0.560. The Hall–Kier alpha value is 0. The van der Waals surface area contributed by atoms with Gasteiger partial charge in [0.1, 0.15) is 0 Å². The van der Waals surface area contributed by atoms with E-state index < -0.39 is 0 Å². The van der Waals surface area contributed by atoms with Crippen molar-refractivity contribution >= 4 is 0 Å². The summed E-state index contributed by atoms with van der Waals surface area (Å²) < 4.78 is 0. The highest BCUT2D eigenvalue weighted by Crippen LogP contribution is 2.80. The van der Waals surface area contributed by atoms with Gasteiger partial charge in [-0.3, -0.25) is 0 Å². The molecule has 0 N–H and O–H groups in total. The van der Waals surface area contributed by atoms with Gasteiger partial charge in [0, 0.05) is 0 Å². The van der Waals surface area contributed by atoms with Crippen LogP contribution in [0.15, 0.2) is 0 Å². The van der Waals surface area contributed by atoms with Gasteiger partial charge in [-0.2, -0.15) is 0 Å². The third-order valence-electron chi connectivity index (χ3n) is 5.37. The SMILES string of the molecule is CCCC1(C)C(C)(C)C1(C)CC. The summed E-state index contributed by atoms with van der Waals surface area (Å²) in [5.41, 5.74) is 1.75. The fraction of sp³-hybridized carbons (Fsp3) is 1.00. The van der Waals surface area contributed by atoms with Gasteiger partial charge in [0.15, 0.2) is 0 Å². The molecule has 0 amide bonds. The van der Waals surface area contributed by atoms with Crippen LogP contribution in [0.4, 0.5) is 0 Å². The van der Waals surface area contributed by atoms with Crippen LogP contribution in [0.2, 0.25) is 0 Å². The minimum atomic E-state index is 0.560. The first-order chi connectivity index (χ1) is 5.37. The summed E-state index contributed by atoms with van der Waals surface area (Å²) in [4.78, 5) is 0. The summed E-state index contributed by atoms with van der Waals surface area (Å²) in [6.07, 6.45) is 4.05. The molecule has 0 spiro atoms. The second-order valence-corrected chi connectivity index (χ2v) is 5.39. The molecule has 1 aliphatic carbocycles. The van der Waals surface area contributed by atoms with Gasteiger partial charge in [-0.05, 0) is 29.1 Å². The second kappa shape index (κ2) is 2.49. The molecule has 0 aromatic rings. The highest BCUT2D eigenvalue weighted by atomic mass is 14.8. The minimum Gasteiger partial charge on any atom is -0.0654 e. The lowest BCUT2D eigenvalue weighted by Gasteiger charge is -2.15. The molecule has 1 rings (SSSR count). The Balaban J connectivity index is 2.83. The Kier molecular flexibility index (Phi) is 2.10. The van der Waals surface area contributed by atoms with Crippen LogP contribution in [0.25, 0.3) is 0 Å². The molecule has 0 aromatic carbocycles. The predicted molar refractivity (Wildman–Crippen MR) is 55.2 cm³/mol. The maximum Gasteiger partial charge on any atom is -0.0210 e. The third kappa shape index (κ3) is 0.791. The first-order valence-corrected chi connectivity index (χ1v) is 5.37. The summed E-state index contributed by atoms with van der Waals surface area (Å²) in [6.45, 7) is 14.4. The highest BCUT2D eigenvalue weighted by molar-refractivity contribution is 5.22. The molecule has 1 fully saturated rings. The monoisotopic (exact) mass is 168 g/mol. The highest BCUT2D eigenvalue weighted by Gasteiger charge is 2.74. The quantitative estimate of drug-likeness (QED) is 0.591. The van der Waals surface area contributed by atoms with E-state index in [0.717, 1.165) is 0 Å². The van der Waals surface area contributed by atoms with Crippen molar-refractivity contribution in [2.45, 2.75) is 60.8 Å². The Morgan fingerprint density at radius 3 is 1.58 bits per heavy atom. The summed E-state index contributed by atoms with van der Waals surface area (Å²) in [6, 6.07) is 0. The maximum absolute atomic E-state index is 2.47. The average molecular weight is 168 g/mol. The van der Waals surface area contributed by atoms with E-state index in [1.54, 1.807) is 0 Å². The molecule has 0 heteroatoms. The molecule has 1 saturated carbocycles. The van der Waals surface area contributed by atoms with E-state index in [2.05, 4.69) is 41.5 Å². The lowest BCUT2D eigenvalue weighted by Crippen LogP contribution is -2.05. The molecule has 2 unspecified atom stereocenters. The molecule has 0 bridgehead atoms. The van der Waals surface area contributed by atoms with Crippen LogP contribution in [-0.2, 0) is 0 Å². The Morgan fingerprint density at radius 2 is 1.33 bits per heavy atom. The van der Waals surface area contributed by atoms with E-state index in [1.807, 2.05) is 0 Å². The van der Waals surface area contributed by atoms with Crippen LogP contribution in [0, 0.1) is 16.2 Å². The van der Waals surface area contributed by atoms with Gasteiger partial charge in [0.25, 0.3) is 0 Å². The van der Waals surface area contributed by atoms with Crippen LogP contribution in [-0.4, -0.2) is 0 Å². The molecule has 0 saturated heterocycles. The van der Waals surface area contributed by atoms with Crippen LogP contribution in [0.1, 0.15) is 60.8 Å². The van der Waals surface area contributed by atoms with Crippen molar-refractivity contribution in [1.29, 1.82) is 0 Å². The van der Waals surface area contributed by atoms with Gasteiger partial charge in [-0.25, -0.2) is 0 Å². The van der Waals surface area contributed by atoms with Gasteiger partial charge >= 0.3 is 0 Å². The van der Waals surface area contributed by atoms with E-state index in [0.29, 0.717) is 16.2 Å². The summed E-state index contributed by atoms with van der Waals surface area (Å²) in [5.74, 6) is 0. The second-order valence-electron chi connectivity index (χ2n) is 5.39. The van der Waals surface area contributed by atoms with E-state index >= 15 is 0 Å². The molecule has 2 atom stereocenters. The zero-order chi connectivity index (χ0) is 9.62. The van der Waals surface area contributed by atoms with Gasteiger partial charge < -0.3 is 0 Å². The van der Waals surface area contributed by atoms with Crippen molar-refractivity contribution in [2.75, 3.05) is 0 Å². The molecule has 0 aliphatic heterocycles. The molecule has 0 radical (unpaired) electrons. The first kappa shape index (κ1) is 10.1. The Bertz CT molecular complexity index is 180. The Morgan fingerprint density at radius 1 is 0.833 bits per heavy atom. The van der Waals surface area contributed by atoms with E-state index in [-0.39, 0.29) is 0 Å². The molecular weight excluding hydrogens is 144 g/mol. The van der Waals surface area contributed by atoms with Crippen molar-refractivity contribution < 1.29 is 0 Å². The fourth-order valence-corrected chi connectivity index (χ4v) is 3.48. The number of hydrogen-bond donors (Lipinski definition) is 0. The van der Waals surface area contributed by atoms with Crippen LogP contribution in [0.5, 0.6) is 0 Å². The molecular formula is C12H24. The largest absolute Gasteiger partial charge is 0.0654 e. The number of rotatable bonds is 3. The van der Waals surface area contributed by atoms with Crippen molar-refractivity contribution in [2.24, 2.45) is 16.2 Å². The molecule has 72 valence electrons. The van der Waals surface area contributed by atoms with E-state index in [9.17, 15) is 0 Å². The maximum atomic E-state index is 2.47. The summed E-state index contributed by atoms with van der Waals surface area (Å²) >= 11 is 0. The number of hydrogen-bond acceptors (Lipinski definition) is 0. The van der Waals surface area contributed by atoms with Gasteiger partial charge in [-0.15, -0.1) is 0 Å². The van der Waals surface area contributed by atoms with Crippen LogP contribution in [0.3, 0.4) is 0 Å². The van der Waals surface area contributed by atoms with E-state index in [1.165, 1.54) is 19.3 Å². The van der Waals surface area contributed by atoms with Gasteiger partial charge in [0.2, 0.25) is 0 Å². The normalized spacial score (nSPS) is 44.5. The topological polar surface area (TPSA) is 0 Å². The Labute approximate surface area is 77.7 Å². The lowest BCUT2D eigenvalue weighted by molar-refractivity contribution is 0.351. The third-order valence-corrected chi connectivity index (χ3v) is 5.37. The van der Waals surface area contributed by atoms with Gasteiger partial charge in [-0.1, -0.05) is 48.0 Å². The van der Waals surface area contributed by atoms with Crippen LogP contribution < -0.4 is 0 Å². The smallest absolute Gasteiger partial charge is 0.0210 e.